The minimum Gasteiger partial charge on any atom is -0.339 e. The molecule has 0 bridgehead atoms. The van der Waals surface area contributed by atoms with Gasteiger partial charge in [0.25, 0.3) is 0 Å². The van der Waals surface area contributed by atoms with Crippen LogP contribution in [0.15, 0.2) is 48.8 Å². The molecule has 0 aliphatic carbocycles. The number of hydrogen-bond acceptors (Lipinski definition) is 4. The second-order valence-corrected chi connectivity index (χ2v) is 5.32. The van der Waals surface area contributed by atoms with Crippen LogP contribution in [0.4, 0.5) is 11.5 Å². The van der Waals surface area contributed by atoms with E-state index in [0.717, 1.165) is 28.2 Å². The fourth-order valence-corrected chi connectivity index (χ4v) is 2.78. The number of nitrogens with zero attached hydrogens (tertiary/aromatic N) is 4. The van der Waals surface area contributed by atoms with Gasteiger partial charge in [-0.2, -0.15) is 5.10 Å². The van der Waals surface area contributed by atoms with E-state index >= 15 is 0 Å². The summed E-state index contributed by atoms with van der Waals surface area (Å²) in [6.07, 6.45) is 1.56. The van der Waals surface area contributed by atoms with Gasteiger partial charge in [0.2, 0.25) is 0 Å². The molecule has 0 fully saturated rings. The van der Waals surface area contributed by atoms with Gasteiger partial charge in [0.15, 0.2) is 5.65 Å². The third-order valence-electron chi connectivity index (χ3n) is 3.81. The second kappa shape index (κ2) is 4.80. The van der Waals surface area contributed by atoms with Crippen LogP contribution in [-0.2, 0) is 7.05 Å². The summed E-state index contributed by atoms with van der Waals surface area (Å²) in [7, 11) is 1.89. The van der Waals surface area contributed by atoms with Crippen molar-refractivity contribution in [3.8, 4) is 0 Å². The normalized spacial score (nSPS) is 11.2. The molecule has 0 atom stereocenters. The van der Waals surface area contributed by atoms with E-state index in [1.807, 2.05) is 26.1 Å². The molecule has 0 aliphatic rings. The van der Waals surface area contributed by atoms with Gasteiger partial charge in [0.05, 0.1) is 11.1 Å². The number of anilines is 2. The van der Waals surface area contributed by atoms with Crippen molar-refractivity contribution in [3.05, 3.63) is 54.5 Å². The monoisotopic (exact) mass is 289 g/mol. The lowest BCUT2D eigenvalue weighted by atomic mass is 10.1. The minimum absolute atomic E-state index is 0.783. The van der Waals surface area contributed by atoms with E-state index in [9.17, 15) is 0 Å². The quantitative estimate of drug-likeness (QED) is 0.613. The Bertz CT molecular complexity index is 987. The Hall–Kier alpha value is -2.95. The summed E-state index contributed by atoms with van der Waals surface area (Å²) >= 11 is 0. The van der Waals surface area contributed by atoms with Crippen LogP contribution in [-0.4, -0.2) is 19.7 Å². The molecule has 2 aromatic carbocycles. The van der Waals surface area contributed by atoms with Crippen molar-refractivity contribution in [3.63, 3.8) is 0 Å². The first-order valence-electron chi connectivity index (χ1n) is 7.12. The molecular weight excluding hydrogens is 274 g/mol. The van der Waals surface area contributed by atoms with E-state index in [4.69, 9.17) is 0 Å². The highest BCUT2D eigenvalue weighted by atomic mass is 15.3. The average molecular weight is 289 g/mol. The number of aryl methyl sites for hydroxylation is 2. The number of nitrogens with one attached hydrogen (secondary N) is 1. The van der Waals surface area contributed by atoms with Crippen molar-refractivity contribution >= 4 is 33.3 Å². The van der Waals surface area contributed by atoms with Crippen LogP contribution in [0.3, 0.4) is 0 Å². The van der Waals surface area contributed by atoms with Gasteiger partial charge in [-0.05, 0) is 29.8 Å². The van der Waals surface area contributed by atoms with Gasteiger partial charge < -0.3 is 5.32 Å². The van der Waals surface area contributed by atoms with Gasteiger partial charge in [-0.25, -0.2) is 9.97 Å². The van der Waals surface area contributed by atoms with Crippen molar-refractivity contribution in [2.75, 3.05) is 5.32 Å². The van der Waals surface area contributed by atoms with Crippen LogP contribution in [0.2, 0.25) is 0 Å². The molecule has 4 rings (SSSR count). The summed E-state index contributed by atoms with van der Waals surface area (Å²) < 4.78 is 1.78. The number of rotatable bonds is 2. The van der Waals surface area contributed by atoms with Crippen molar-refractivity contribution in [2.24, 2.45) is 7.05 Å². The molecule has 0 radical (unpaired) electrons. The highest BCUT2D eigenvalue weighted by Gasteiger charge is 2.12. The maximum atomic E-state index is 4.42. The maximum Gasteiger partial charge on any atom is 0.163 e. The van der Waals surface area contributed by atoms with E-state index < -0.39 is 0 Å². The number of fused-ring (bicyclic) bond motifs is 2. The zero-order chi connectivity index (χ0) is 15.1. The molecule has 0 unspecified atom stereocenters. The van der Waals surface area contributed by atoms with E-state index in [0.29, 0.717) is 0 Å². The largest absolute Gasteiger partial charge is 0.339 e. The molecule has 0 spiro atoms. The summed E-state index contributed by atoms with van der Waals surface area (Å²) in [4.78, 5) is 8.68. The zero-order valence-corrected chi connectivity index (χ0v) is 12.4. The lowest BCUT2D eigenvalue weighted by molar-refractivity contribution is 0.773. The van der Waals surface area contributed by atoms with E-state index in [1.165, 1.54) is 10.8 Å². The number of aromatic nitrogens is 4. The minimum atomic E-state index is 0.783. The Kier molecular flexibility index (Phi) is 2.79. The SMILES string of the molecule is Cc1nn(C)c2ncnc(Nc3ccc4ccccc4c3)c12. The van der Waals surface area contributed by atoms with Crippen molar-refractivity contribution in [1.82, 2.24) is 19.7 Å². The highest BCUT2D eigenvalue weighted by molar-refractivity contribution is 5.92. The Balaban J connectivity index is 1.82. The summed E-state index contributed by atoms with van der Waals surface area (Å²) in [6.45, 7) is 1.97. The number of benzene rings is 2. The first-order chi connectivity index (χ1) is 10.7. The molecule has 108 valence electrons. The Morgan fingerprint density at radius 3 is 2.68 bits per heavy atom. The summed E-state index contributed by atoms with van der Waals surface area (Å²) in [5, 5.41) is 11.2. The lowest BCUT2D eigenvalue weighted by Crippen LogP contribution is -1.97. The molecule has 2 aromatic heterocycles. The predicted octanol–water partition coefficient (Wildman–Crippen LogP) is 3.57. The van der Waals surface area contributed by atoms with Gasteiger partial charge >= 0.3 is 0 Å². The van der Waals surface area contributed by atoms with Crippen molar-refractivity contribution in [1.29, 1.82) is 0 Å². The smallest absolute Gasteiger partial charge is 0.163 e. The standard InChI is InChI=1S/C17H15N5/c1-11-15-16(18-10-19-17(15)22(2)21-11)20-14-8-7-12-5-3-4-6-13(12)9-14/h3-10H,1-2H3,(H,18,19,20). The van der Waals surface area contributed by atoms with Gasteiger partial charge in [0, 0.05) is 12.7 Å². The average Bonchev–Trinajstić information content (AvgIpc) is 2.83. The van der Waals surface area contributed by atoms with E-state index in [-0.39, 0.29) is 0 Å². The zero-order valence-electron chi connectivity index (χ0n) is 12.4. The lowest BCUT2D eigenvalue weighted by Gasteiger charge is -2.08. The van der Waals surface area contributed by atoms with Gasteiger partial charge in [0.1, 0.15) is 12.1 Å². The summed E-state index contributed by atoms with van der Waals surface area (Å²) in [6, 6.07) is 14.6. The van der Waals surface area contributed by atoms with Crippen LogP contribution in [0, 0.1) is 6.92 Å². The van der Waals surface area contributed by atoms with Crippen LogP contribution in [0.25, 0.3) is 21.8 Å². The third kappa shape index (κ3) is 1.98. The molecule has 0 amide bonds. The van der Waals surface area contributed by atoms with E-state index in [1.54, 1.807) is 11.0 Å². The van der Waals surface area contributed by atoms with Crippen LogP contribution in [0.1, 0.15) is 5.69 Å². The van der Waals surface area contributed by atoms with Crippen LogP contribution in [0.5, 0.6) is 0 Å². The second-order valence-electron chi connectivity index (χ2n) is 5.32. The molecule has 0 saturated carbocycles. The van der Waals surface area contributed by atoms with Crippen molar-refractivity contribution < 1.29 is 0 Å². The Labute approximate surface area is 127 Å². The van der Waals surface area contributed by atoms with Gasteiger partial charge in [-0.15, -0.1) is 0 Å². The van der Waals surface area contributed by atoms with E-state index in [2.05, 4.69) is 50.7 Å². The summed E-state index contributed by atoms with van der Waals surface area (Å²) in [5.74, 6) is 0.783. The van der Waals surface area contributed by atoms with Gasteiger partial charge in [-0.1, -0.05) is 30.3 Å². The molecule has 4 aromatic rings. The fourth-order valence-electron chi connectivity index (χ4n) is 2.78. The molecular formula is C17H15N5. The highest BCUT2D eigenvalue weighted by Crippen LogP contribution is 2.27. The first-order valence-corrected chi connectivity index (χ1v) is 7.12. The van der Waals surface area contributed by atoms with Crippen molar-refractivity contribution in [2.45, 2.75) is 6.92 Å². The topological polar surface area (TPSA) is 55.6 Å². The number of hydrogen-bond donors (Lipinski definition) is 1. The molecule has 0 aliphatic heterocycles. The first kappa shape index (κ1) is 12.8. The fraction of sp³-hybridized carbons (Fsp3) is 0.118. The molecule has 2 heterocycles. The molecule has 22 heavy (non-hydrogen) atoms. The maximum absolute atomic E-state index is 4.42. The molecule has 0 saturated heterocycles. The molecule has 1 N–H and O–H groups in total. The molecule has 5 heteroatoms. The van der Waals surface area contributed by atoms with Crippen LogP contribution >= 0.6 is 0 Å². The van der Waals surface area contributed by atoms with Crippen LogP contribution < -0.4 is 5.32 Å². The van der Waals surface area contributed by atoms with Gasteiger partial charge in [-0.3, -0.25) is 4.68 Å². The molecule has 5 nitrogen and oxygen atoms in total. The third-order valence-corrected chi connectivity index (χ3v) is 3.81. The predicted molar refractivity (Wildman–Crippen MR) is 88.3 cm³/mol. The Morgan fingerprint density at radius 1 is 1.00 bits per heavy atom. The Morgan fingerprint density at radius 2 is 1.82 bits per heavy atom. The summed E-state index contributed by atoms with van der Waals surface area (Å²) in [5.41, 5.74) is 2.75.